The lowest BCUT2D eigenvalue weighted by Crippen LogP contribution is -2.26. The molecule has 1 unspecified atom stereocenters. The third kappa shape index (κ3) is 3.12. The first-order valence-corrected chi connectivity index (χ1v) is 5.75. The maximum absolute atomic E-state index is 5.68. The molecule has 1 aliphatic heterocycles. The highest BCUT2D eigenvalue weighted by Gasteiger charge is 2.30. The SMILES string of the molecule is Cc1cccc(OCCC2(C)COC(N)=N2)c1. The summed E-state index contributed by atoms with van der Waals surface area (Å²) in [5, 5.41) is 0. The van der Waals surface area contributed by atoms with Gasteiger partial charge in [0.1, 0.15) is 17.9 Å². The van der Waals surface area contributed by atoms with Crippen LogP contribution in [0, 0.1) is 6.92 Å². The fraction of sp³-hybridized carbons (Fsp3) is 0.462. The van der Waals surface area contributed by atoms with Crippen LogP contribution in [0.25, 0.3) is 0 Å². The largest absolute Gasteiger partial charge is 0.493 e. The molecule has 4 nitrogen and oxygen atoms in total. The number of aryl methyl sites for hydroxylation is 1. The fourth-order valence-corrected chi connectivity index (χ4v) is 1.78. The first-order valence-electron chi connectivity index (χ1n) is 5.75. The Bertz CT molecular complexity index is 431. The van der Waals surface area contributed by atoms with Gasteiger partial charge in [0.05, 0.1) is 6.61 Å². The van der Waals surface area contributed by atoms with Crippen molar-refractivity contribution in [3.63, 3.8) is 0 Å². The van der Waals surface area contributed by atoms with E-state index in [1.54, 1.807) is 0 Å². The summed E-state index contributed by atoms with van der Waals surface area (Å²) >= 11 is 0. The number of hydrogen-bond acceptors (Lipinski definition) is 4. The molecule has 0 saturated heterocycles. The Balaban J connectivity index is 1.84. The number of benzene rings is 1. The highest BCUT2D eigenvalue weighted by Crippen LogP contribution is 2.22. The van der Waals surface area contributed by atoms with Crippen LogP contribution < -0.4 is 10.5 Å². The lowest BCUT2D eigenvalue weighted by molar-refractivity contribution is 0.216. The van der Waals surface area contributed by atoms with Crippen molar-refractivity contribution in [1.29, 1.82) is 0 Å². The highest BCUT2D eigenvalue weighted by molar-refractivity contribution is 5.73. The monoisotopic (exact) mass is 234 g/mol. The molecule has 0 bridgehead atoms. The molecule has 0 amide bonds. The molecule has 92 valence electrons. The van der Waals surface area contributed by atoms with Crippen LogP contribution in [0.1, 0.15) is 18.9 Å². The summed E-state index contributed by atoms with van der Waals surface area (Å²) in [5.74, 6) is 0.893. The second kappa shape index (κ2) is 4.65. The first-order chi connectivity index (χ1) is 8.07. The van der Waals surface area contributed by atoms with Gasteiger partial charge in [-0.2, -0.15) is 0 Å². The van der Waals surface area contributed by atoms with Gasteiger partial charge in [0.25, 0.3) is 6.02 Å². The molecule has 1 aromatic carbocycles. The summed E-state index contributed by atoms with van der Waals surface area (Å²) in [6.07, 6.45) is 0.793. The standard InChI is InChI=1S/C13H18N2O2/c1-10-4-3-5-11(8-10)16-7-6-13(2)9-17-12(14)15-13/h3-5,8H,6-7,9H2,1-2H3,(H2,14,15). The normalized spacial score (nSPS) is 23.1. The molecule has 2 rings (SSSR count). The number of nitrogens with zero attached hydrogens (tertiary/aromatic N) is 1. The summed E-state index contributed by atoms with van der Waals surface area (Å²) in [4.78, 5) is 4.26. The third-order valence-corrected chi connectivity index (χ3v) is 2.81. The van der Waals surface area contributed by atoms with Gasteiger partial charge in [0, 0.05) is 6.42 Å². The topological polar surface area (TPSA) is 56.8 Å². The summed E-state index contributed by atoms with van der Waals surface area (Å²) in [5.41, 5.74) is 6.45. The van der Waals surface area contributed by atoms with Crippen molar-refractivity contribution >= 4 is 6.02 Å². The predicted octanol–water partition coefficient (Wildman–Crippen LogP) is 1.87. The molecule has 1 aromatic rings. The van der Waals surface area contributed by atoms with E-state index < -0.39 is 0 Å². The Morgan fingerprint density at radius 1 is 1.53 bits per heavy atom. The van der Waals surface area contributed by atoms with E-state index in [9.17, 15) is 0 Å². The van der Waals surface area contributed by atoms with Crippen molar-refractivity contribution in [2.24, 2.45) is 10.7 Å². The number of rotatable bonds is 4. The number of amidine groups is 1. The van der Waals surface area contributed by atoms with Crippen LogP contribution >= 0.6 is 0 Å². The minimum atomic E-state index is -0.242. The van der Waals surface area contributed by atoms with E-state index in [1.165, 1.54) is 5.56 Å². The van der Waals surface area contributed by atoms with Crippen LogP contribution in [0.4, 0.5) is 0 Å². The van der Waals surface area contributed by atoms with Gasteiger partial charge < -0.3 is 15.2 Å². The van der Waals surface area contributed by atoms with Crippen molar-refractivity contribution in [1.82, 2.24) is 0 Å². The molecular weight excluding hydrogens is 216 g/mol. The summed E-state index contributed by atoms with van der Waals surface area (Å²) in [6, 6.07) is 8.29. The Kier molecular flexibility index (Phi) is 3.22. The summed E-state index contributed by atoms with van der Waals surface area (Å²) in [6.45, 7) is 5.21. The van der Waals surface area contributed by atoms with E-state index in [2.05, 4.69) is 4.99 Å². The second-order valence-electron chi connectivity index (χ2n) is 4.65. The number of aliphatic imine (C=N–C) groups is 1. The summed E-state index contributed by atoms with van der Waals surface area (Å²) < 4.78 is 10.8. The van der Waals surface area contributed by atoms with E-state index in [0.29, 0.717) is 13.2 Å². The van der Waals surface area contributed by atoms with Crippen LogP contribution in [0.5, 0.6) is 5.75 Å². The third-order valence-electron chi connectivity index (χ3n) is 2.81. The molecule has 4 heteroatoms. The van der Waals surface area contributed by atoms with Crippen LogP contribution in [0.2, 0.25) is 0 Å². The first kappa shape index (κ1) is 11.8. The second-order valence-corrected chi connectivity index (χ2v) is 4.65. The molecule has 1 atom stereocenters. The van der Waals surface area contributed by atoms with Gasteiger partial charge in [-0.3, -0.25) is 0 Å². The van der Waals surface area contributed by atoms with E-state index in [0.717, 1.165) is 12.2 Å². The molecule has 0 aromatic heterocycles. The van der Waals surface area contributed by atoms with Crippen molar-refractivity contribution in [2.75, 3.05) is 13.2 Å². The molecule has 0 radical (unpaired) electrons. The van der Waals surface area contributed by atoms with Crippen LogP contribution in [-0.2, 0) is 4.74 Å². The quantitative estimate of drug-likeness (QED) is 0.865. The maximum Gasteiger partial charge on any atom is 0.282 e. The van der Waals surface area contributed by atoms with Gasteiger partial charge in [-0.15, -0.1) is 0 Å². The number of hydrogen-bond donors (Lipinski definition) is 1. The average Bonchev–Trinajstić information content (AvgIpc) is 2.59. The smallest absolute Gasteiger partial charge is 0.282 e. The van der Waals surface area contributed by atoms with E-state index in [1.807, 2.05) is 38.1 Å². The molecular formula is C13H18N2O2. The van der Waals surface area contributed by atoms with E-state index in [-0.39, 0.29) is 11.6 Å². The van der Waals surface area contributed by atoms with Crippen molar-refractivity contribution in [3.05, 3.63) is 29.8 Å². The van der Waals surface area contributed by atoms with Crippen molar-refractivity contribution < 1.29 is 9.47 Å². The number of ether oxygens (including phenoxy) is 2. The zero-order valence-electron chi connectivity index (χ0n) is 10.3. The highest BCUT2D eigenvalue weighted by atomic mass is 16.5. The number of nitrogens with two attached hydrogens (primary N) is 1. The Morgan fingerprint density at radius 3 is 3.00 bits per heavy atom. The van der Waals surface area contributed by atoms with Gasteiger partial charge in [0.15, 0.2) is 0 Å². The van der Waals surface area contributed by atoms with E-state index in [4.69, 9.17) is 15.2 Å². The Morgan fingerprint density at radius 2 is 2.35 bits per heavy atom. The Labute approximate surface area is 101 Å². The molecule has 2 N–H and O–H groups in total. The fourth-order valence-electron chi connectivity index (χ4n) is 1.78. The molecule has 1 aliphatic rings. The molecule has 1 heterocycles. The van der Waals surface area contributed by atoms with Crippen LogP contribution in [0.3, 0.4) is 0 Å². The average molecular weight is 234 g/mol. The van der Waals surface area contributed by atoms with Gasteiger partial charge in [-0.25, -0.2) is 4.99 Å². The van der Waals surface area contributed by atoms with Gasteiger partial charge in [-0.05, 0) is 31.5 Å². The zero-order chi connectivity index (χ0) is 12.3. The zero-order valence-corrected chi connectivity index (χ0v) is 10.3. The van der Waals surface area contributed by atoms with Crippen molar-refractivity contribution in [2.45, 2.75) is 25.8 Å². The minimum absolute atomic E-state index is 0.242. The minimum Gasteiger partial charge on any atom is -0.493 e. The Hall–Kier alpha value is -1.71. The van der Waals surface area contributed by atoms with E-state index >= 15 is 0 Å². The molecule has 0 aliphatic carbocycles. The maximum atomic E-state index is 5.68. The van der Waals surface area contributed by atoms with Crippen LogP contribution in [0.15, 0.2) is 29.3 Å². The van der Waals surface area contributed by atoms with Gasteiger partial charge in [-0.1, -0.05) is 12.1 Å². The van der Waals surface area contributed by atoms with Gasteiger partial charge in [0.2, 0.25) is 0 Å². The van der Waals surface area contributed by atoms with Crippen LogP contribution in [-0.4, -0.2) is 24.8 Å². The van der Waals surface area contributed by atoms with Crippen molar-refractivity contribution in [3.8, 4) is 5.75 Å². The molecule has 0 fully saturated rings. The lowest BCUT2D eigenvalue weighted by atomic mass is 10.0. The molecule has 0 spiro atoms. The molecule has 0 saturated carbocycles. The molecule has 17 heavy (non-hydrogen) atoms. The summed E-state index contributed by atoms with van der Waals surface area (Å²) in [7, 11) is 0. The lowest BCUT2D eigenvalue weighted by Gasteiger charge is -2.18. The van der Waals surface area contributed by atoms with Gasteiger partial charge >= 0.3 is 0 Å². The predicted molar refractivity (Wildman–Crippen MR) is 67.3 cm³/mol.